The summed E-state index contributed by atoms with van der Waals surface area (Å²) in [6.07, 6.45) is 0. The molecule has 0 saturated carbocycles. The molecule has 18 heavy (non-hydrogen) atoms. The minimum Gasteiger partial charge on any atom is -0.496 e. The molecule has 2 aromatic rings. The summed E-state index contributed by atoms with van der Waals surface area (Å²) in [6.45, 7) is 2.07. The zero-order valence-corrected chi connectivity index (χ0v) is 12.1. The minimum absolute atomic E-state index is 0.225. The van der Waals surface area contributed by atoms with Crippen LogP contribution in [0, 0.1) is 0 Å². The molecule has 1 unspecified atom stereocenters. The van der Waals surface area contributed by atoms with Crippen molar-refractivity contribution in [1.29, 1.82) is 0 Å². The van der Waals surface area contributed by atoms with Crippen molar-refractivity contribution in [2.75, 3.05) is 14.2 Å². The van der Waals surface area contributed by atoms with E-state index in [1.807, 2.05) is 30.6 Å². The predicted molar refractivity (Wildman–Crippen MR) is 76.6 cm³/mol. The van der Waals surface area contributed by atoms with E-state index in [-0.39, 0.29) is 6.04 Å². The lowest BCUT2D eigenvalue weighted by atomic mass is 10.2. The van der Waals surface area contributed by atoms with Gasteiger partial charge >= 0.3 is 0 Å². The van der Waals surface area contributed by atoms with Crippen molar-refractivity contribution in [3.05, 3.63) is 34.3 Å². The van der Waals surface area contributed by atoms with Gasteiger partial charge in [0.25, 0.3) is 0 Å². The molecular weight excluding hydrogens is 268 g/mol. The van der Waals surface area contributed by atoms with Gasteiger partial charge in [-0.25, -0.2) is 4.98 Å². The van der Waals surface area contributed by atoms with E-state index in [9.17, 15) is 0 Å². The first-order valence-electron chi connectivity index (χ1n) is 5.63. The molecule has 0 amide bonds. The average molecular weight is 283 g/mol. The lowest BCUT2D eigenvalue weighted by Crippen LogP contribution is -2.12. The largest absolute Gasteiger partial charge is 0.496 e. The highest BCUT2D eigenvalue weighted by atomic mass is 35.5. The molecule has 2 rings (SSSR count). The topological polar surface area (TPSA) is 34.1 Å². The molecule has 1 atom stereocenters. The van der Waals surface area contributed by atoms with E-state index < -0.39 is 0 Å². The Morgan fingerprint density at radius 2 is 2.22 bits per heavy atom. The van der Waals surface area contributed by atoms with Crippen molar-refractivity contribution >= 4 is 22.9 Å². The summed E-state index contributed by atoms with van der Waals surface area (Å²) < 4.78 is 5.34. The van der Waals surface area contributed by atoms with Crippen molar-refractivity contribution in [3.63, 3.8) is 0 Å². The van der Waals surface area contributed by atoms with Gasteiger partial charge < -0.3 is 10.1 Å². The van der Waals surface area contributed by atoms with E-state index in [1.165, 1.54) is 0 Å². The summed E-state index contributed by atoms with van der Waals surface area (Å²) in [5.41, 5.74) is 1.88. The molecule has 1 heterocycles. The highest BCUT2D eigenvalue weighted by Crippen LogP contribution is 2.38. The smallest absolute Gasteiger partial charge is 0.130 e. The third-order valence-electron chi connectivity index (χ3n) is 2.81. The lowest BCUT2D eigenvalue weighted by Gasteiger charge is -2.08. The zero-order chi connectivity index (χ0) is 13.1. The summed E-state index contributed by atoms with van der Waals surface area (Å²) in [6, 6.07) is 5.84. The number of nitrogens with one attached hydrogen (secondary N) is 1. The number of thiazole rings is 1. The predicted octanol–water partition coefficient (Wildman–Crippen LogP) is 3.75. The molecule has 0 aliphatic heterocycles. The normalized spacial score (nSPS) is 12.4. The summed E-state index contributed by atoms with van der Waals surface area (Å²) in [7, 11) is 3.56. The molecular formula is C13H15ClN2OS. The van der Waals surface area contributed by atoms with Gasteiger partial charge in [0.2, 0.25) is 0 Å². The van der Waals surface area contributed by atoms with Gasteiger partial charge in [-0.2, -0.15) is 0 Å². The van der Waals surface area contributed by atoms with Crippen molar-refractivity contribution in [1.82, 2.24) is 10.3 Å². The Morgan fingerprint density at radius 3 is 2.89 bits per heavy atom. The monoisotopic (exact) mass is 282 g/mol. The third kappa shape index (κ3) is 2.51. The van der Waals surface area contributed by atoms with Gasteiger partial charge in [0, 0.05) is 11.4 Å². The fourth-order valence-corrected chi connectivity index (χ4v) is 2.92. The van der Waals surface area contributed by atoms with Crippen molar-refractivity contribution in [2.45, 2.75) is 13.0 Å². The SMILES string of the molecule is CNC(C)c1csc(-c2c(Cl)cccc2OC)n1. The molecule has 5 heteroatoms. The van der Waals surface area contributed by atoms with E-state index in [0.29, 0.717) is 5.02 Å². The Kier molecular flexibility index (Phi) is 4.22. The second-order valence-corrected chi connectivity index (χ2v) is 5.17. The highest BCUT2D eigenvalue weighted by Gasteiger charge is 2.15. The van der Waals surface area contributed by atoms with Crippen LogP contribution in [0.4, 0.5) is 0 Å². The molecule has 0 fully saturated rings. The van der Waals surface area contributed by atoms with E-state index in [1.54, 1.807) is 18.4 Å². The Morgan fingerprint density at radius 1 is 1.44 bits per heavy atom. The number of aromatic nitrogens is 1. The molecule has 1 aromatic carbocycles. The van der Waals surface area contributed by atoms with Crippen LogP contribution in [0.15, 0.2) is 23.6 Å². The molecule has 0 saturated heterocycles. The highest BCUT2D eigenvalue weighted by molar-refractivity contribution is 7.13. The number of hydrogen-bond donors (Lipinski definition) is 1. The maximum Gasteiger partial charge on any atom is 0.130 e. The summed E-state index contributed by atoms with van der Waals surface area (Å²) in [5, 5.41) is 6.75. The van der Waals surface area contributed by atoms with Gasteiger partial charge in [-0.3, -0.25) is 0 Å². The van der Waals surface area contributed by atoms with Gasteiger partial charge in [0.05, 0.1) is 23.4 Å². The van der Waals surface area contributed by atoms with E-state index >= 15 is 0 Å². The average Bonchev–Trinajstić information content (AvgIpc) is 2.86. The van der Waals surface area contributed by atoms with Gasteiger partial charge in [-0.1, -0.05) is 17.7 Å². The van der Waals surface area contributed by atoms with Gasteiger partial charge in [-0.15, -0.1) is 11.3 Å². The van der Waals surface area contributed by atoms with Gasteiger partial charge in [0.1, 0.15) is 10.8 Å². The second-order valence-electron chi connectivity index (χ2n) is 3.90. The maximum atomic E-state index is 6.24. The van der Waals surface area contributed by atoms with Crippen LogP contribution in [0.5, 0.6) is 5.75 Å². The molecule has 0 spiro atoms. The summed E-state index contributed by atoms with van der Waals surface area (Å²) in [4.78, 5) is 4.61. The van der Waals surface area contributed by atoms with Crippen LogP contribution in [0.25, 0.3) is 10.6 Å². The number of benzene rings is 1. The van der Waals surface area contributed by atoms with Crippen LogP contribution in [-0.4, -0.2) is 19.1 Å². The van der Waals surface area contributed by atoms with E-state index in [0.717, 1.165) is 22.0 Å². The van der Waals surface area contributed by atoms with Crippen LogP contribution >= 0.6 is 22.9 Å². The quantitative estimate of drug-likeness (QED) is 0.927. The summed E-state index contributed by atoms with van der Waals surface area (Å²) in [5.74, 6) is 0.750. The Hall–Kier alpha value is -1.10. The molecule has 0 bridgehead atoms. The maximum absolute atomic E-state index is 6.24. The Balaban J connectivity index is 2.46. The molecule has 0 aliphatic carbocycles. The third-order valence-corrected chi connectivity index (χ3v) is 4.00. The van der Waals surface area contributed by atoms with E-state index in [2.05, 4.69) is 17.2 Å². The number of hydrogen-bond acceptors (Lipinski definition) is 4. The lowest BCUT2D eigenvalue weighted by molar-refractivity contribution is 0.416. The Bertz CT molecular complexity index is 542. The molecule has 1 N–H and O–H groups in total. The number of nitrogens with zero attached hydrogens (tertiary/aromatic N) is 1. The fraction of sp³-hybridized carbons (Fsp3) is 0.308. The zero-order valence-electron chi connectivity index (χ0n) is 10.5. The number of ether oxygens (including phenoxy) is 1. The van der Waals surface area contributed by atoms with Crippen LogP contribution in [0.2, 0.25) is 5.02 Å². The van der Waals surface area contributed by atoms with E-state index in [4.69, 9.17) is 16.3 Å². The first-order chi connectivity index (χ1) is 8.67. The number of rotatable bonds is 4. The summed E-state index contributed by atoms with van der Waals surface area (Å²) >= 11 is 7.81. The van der Waals surface area contributed by atoms with Crippen molar-refractivity contribution in [2.24, 2.45) is 0 Å². The molecule has 0 radical (unpaired) electrons. The molecule has 0 aliphatic rings. The van der Waals surface area contributed by atoms with Crippen LogP contribution < -0.4 is 10.1 Å². The standard InChI is InChI=1S/C13H15ClN2OS/c1-8(15-2)10-7-18-13(16-10)12-9(14)5-4-6-11(12)17-3/h4-8,15H,1-3H3. The first-order valence-corrected chi connectivity index (χ1v) is 6.88. The molecule has 96 valence electrons. The number of methoxy groups -OCH3 is 1. The van der Waals surface area contributed by atoms with Gasteiger partial charge in [-0.05, 0) is 26.1 Å². The molecule has 3 nitrogen and oxygen atoms in total. The second kappa shape index (κ2) is 5.69. The van der Waals surface area contributed by atoms with Crippen LogP contribution in [0.1, 0.15) is 18.7 Å². The van der Waals surface area contributed by atoms with Crippen LogP contribution in [-0.2, 0) is 0 Å². The van der Waals surface area contributed by atoms with Crippen molar-refractivity contribution < 1.29 is 4.74 Å². The minimum atomic E-state index is 0.225. The fourth-order valence-electron chi connectivity index (χ4n) is 1.63. The number of halogens is 1. The first kappa shape index (κ1) is 13.3. The Labute approximate surface area is 116 Å². The molecule has 1 aromatic heterocycles. The van der Waals surface area contributed by atoms with Gasteiger partial charge in [0.15, 0.2) is 0 Å². The van der Waals surface area contributed by atoms with Crippen molar-refractivity contribution in [3.8, 4) is 16.3 Å². The van der Waals surface area contributed by atoms with Crippen LogP contribution in [0.3, 0.4) is 0 Å².